The first kappa shape index (κ1) is 21.4. The van der Waals surface area contributed by atoms with E-state index in [0.717, 1.165) is 62.8 Å². The van der Waals surface area contributed by atoms with E-state index in [1.165, 1.54) is 0 Å². The van der Waals surface area contributed by atoms with Gasteiger partial charge in [-0.25, -0.2) is 9.59 Å². The number of hydrogen-bond donors (Lipinski definition) is 4. The average molecular weight is 340 g/mol. The Morgan fingerprint density at radius 3 is 1.25 bits per heavy atom. The SMILES string of the molecule is O=C(O)/C=C/C(=O)NCCCCCCCCNC(=O)/C=C/C(=O)O. The number of hydrogen-bond acceptors (Lipinski definition) is 4. The van der Waals surface area contributed by atoms with E-state index in [0.29, 0.717) is 13.1 Å². The Morgan fingerprint density at radius 2 is 0.917 bits per heavy atom. The smallest absolute Gasteiger partial charge is 0.328 e. The van der Waals surface area contributed by atoms with Crippen LogP contribution in [0.5, 0.6) is 0 Å². The summed E-state index contributed by atoms with van der Waals surface area (Å²) in [5.74, 6) is -3.13. The van der Waals surface area contributed by atoms with Crippen molar-refractivity contribution in [2.45, 2.75) is 38.5 Å². The summed E-state index contributed by atoms with van der Waals surface area (Å²) in [5, 5.41) is 21.9. The summed E-state index contributed by atoms with van der Waals surface area (Å²) >= 11 is 0. The first-order chi connectivity index (χ1) is 11.4. The fraction of sp³-hybridized carbons (Fsp3) is 0.500. The third-order valence-electron chi connectivity index (χ3n) is 2.96. The second kappa shape index (κ2) is 14.0. The van der Waals surface area contributed by atoms with Crippen LogP contribution in [0.1, 0.15) is 38.5 Å². The van der Waals surface area contributed by atoms with Crippen molar-refractivity contribution in [3.63, 3.8) is 0 Å². The van der Waals surface area contributed by atoms with E-state index in [2.05, 4.69) is 10.6 Å². The van der Waals surface area contributed by atoms with Crippen molar-refractivity contribution in [3.8, 4) is 0 Å². The Kier molecular flexibility index (Phi) is 12.4. The van der Waals surface area contributed by atoms with Crippen molar-refractivity contribution in [2.24, 2.45) is 0 Å². The van der Waals surface area contributed by atoms with Crippen molar-refractivity contribution < 1.29 is 29.4 Å². The van der Waals surface area contributed by atoms with E-state index >= 15 is 0 Å². The summed E-state index contributed by atoms with van der Waals surface area (Å²) in [4.78, 5) is 42.7. The Labute approximate surface area is 140 Å². The second-order valence-electron chi connectivity index (χ2n) is 5.05. The van der Waals surface area contributed by atoms with Gasteiger partial charge in [-0.1, -0.05) is 25.7 Å². The van der Waals surface area contributed by atoms with Crippen molar-refractivity contribution in [1.82, 2.24) is 10.6 Å². The van der Waals surface area contributed by atoms with E-state index < -0.39 is 23.8 Å². The molecule has 134 valence electrons. The van der Waals surface area contributed by atoms with Crippen molar-refractivity contribution in [2.75, 3.05) is 13.1 Å². The molecule has 0 atom stereocenters. The first-order valence-corrected chi connectivity index (χ1v) is 7.79. The molecule has 0 aromatic carbocycles. The summed E-state index contributed by atoms with van der Waals surface area (Å²) in [6.45, 7) is 1.02. The lowest BCUT2D eigenvalue weighted by Gasteiger charge is -2.04. The molecule has 0 heterocycles. The largest absolute Gasteiger partial charge is 0.478 e. The predicted octanol–water partition coefficient (Wildman–Crippen LogP) is 0.841. The zero-order valence-corrected chi connectivity index (χ0v) is 13.5. The van der Waals surface area contributed by atoms with Gasteiger partial charge in [0.15, 0.2) is 0 Å². The van der Waals surface area contributed by atoms with Gasteiger partial charge in [0.1, 0.15) is 0 Å². The normalized spacial score (nSPS) is 10.8. The van der Waals surface area contributed by atoms with E-state index in [1.54, 1.807) is 0 Å². The quantitative estimate of drug-likeness (QED) is 0.290. The molecule has 4 N–H and O–H groups in total. The Bertz CT molecular complexity index is 441. The summed E-state index contributed by atoms with van der Waals surface area (Å²) < 4.78 is 0. The third kappa shape index (κ3) is 15.7. The van der Waals surface area contributed by atoms with Gasteiger partial charge in [0.05, 0.1) is 0 Å². The number of carboxylic acids is 2. The molecule has 2 amide bonds. The number of nitrogens with one attached hydrogen (secondary N) is 2. The maximum absolute atomic E-state index is 11.2. The molecule has 0 spiro atoms. The Balaban J connectivity index is 3.40. The lowest BCUT2D eigenvalue weighted by Crippen LogP contribution is -2.22. The minimum atomic E-state index is -1.15. The molecule has 0 unspecified atom stereocenters. The fourth-order valence-corrected chi connectivity index (χ4v) is 1.79. The number of carbonyl (C=O) groups excluding carboxylic acids is 2. The molecule has 0 fully saturated rings. The minimum Gasteiger partial charge on any atom is -0.478 e. The van der Waals surface area contributed by atoms with Gasteiger partial charge < -0.3 is 20.8 Å². The minimum absolute atomic E-state index is 0.412. The van der Waals surface area contributed by atoms with Gasteiger partial charge in [-0.05, 0) is 12.8 Å². The molecular weight excluding hydrogens is 316 g/mol. The van der Waals surface area contributed by atoms with Gasteiger partial charge in [0.25, 0.3) is 0 Å². The number of unbranched alkanes of at least 4 members (excludes halogenated alkanes) is 5. The van der Waals surface area contributed by atoms with Crippen LogP contribution in [-0.4, -0.2) is 47.1 Å². The molecule has 0 aliphatic rings. The van der Waals surface area contributed by atoms with E-state index in [-0.39, 0.29) is 0 Å². The van der Waals surface area contributed by atoms with Gasteiger partial charge in [-0.3, -0.25) is 9.59 Å². The molecular formula is C16H24N2O6. The number of aliphatic carboxylic acids is 2. The molecule has 0 aromatic heterocycles. The van der Waals surface area contributed by atoms with Gasteiger partial charge in [0, 0.05) is 37.4 Å². The maximum Gasteiger partial charge on any atom is 0.328 e. The zero-order chi connectivity index (χ0) is 18.2. The Hall–Kier alpha value is -2.64. The molecule has 0 radical (unpaired) electrons. The highest BCUT2D eigenvalue weighted by Gasteiger charge is 1.98. The van der Waals surface area contributed by atoms with E-state index in [1.807, 2.05) is 0 Å². The molecule has 0 rings (SSSR count). The van der Waals surface area contributed by atoms with Crippen LogP contribution in [0.4, 0.5) is 0 Å². The molecule has 8 heteroatoms. The second-order valence-corrected chi connectivity index (χ2v) is 5.05. The van der Waals surface area contributed by atoms with Crippen molar-refractivity contribution >= 4 is 23.8 Å². The first-order valence-electron chi connectivity index (χ1n) is 7.79. The van der Waals surface area contributed by atoms with Crippen molar-refractivity contribution in [1.29, 1.82) is 0 Å². The molecule has 0 aliphatic heterocycles. The molecule has 0 bridgehead atoms. The Morgan fingerprint density at radius 1 is 0.583 bits per heavy atom. The van der Waals surface area contributed by atoms with Gasteiger partial charge in [0.2, 0.25) is 11.8 Å². The van der Waals surface area contributed by atoms with E-state index in [9.17, 15) is 19.2 Å². The van der Waals surface area contributed by atoms with Crippen molar-refractivity contribution in [3.05, 3.63) is 24.3 Å². The van der Waals surface area contributed by atoms with Gasteiger partial charge in [-0.15, -0.1) is 0 Å². The topological polar surface area (TPSA) is 133 Å². The summed E-state index contributed by atoms with van der Waals surface area (Å²) in [6.07, 6.45) is 9.14. The zero-order valence-electron chi connectivity index (χ0n) is 13.5. The highest BCUT2D eigenvalue weighted by molar-refractivity contribution is 5.94. The number of rotatable bonds is 13. The predicted molar refractivity (Wildman–Crippen MR) is 87.3 cm³/mol. The van der Waals surface area contributed by atoms with Crippen LogP contribution in [0.15, 0.2) is 24.3 Å². The van der Waals surface area contributed by atoms with Crippen LogP contribution >= 0.6 is 0 Å². The molecule has 0 saturated heterocycles. The molecule has 0 aromatic rings. The van der Waals surface area contributed by atoms with Crippen LogP contribution < -0.4 is 10.6 Å². The molecule has 24 heavy (non-hydrogen) atoms. The number of carbonyl (C=O) groups is 4. The number of amides is 2. The van der Waals surface area contributed by atoms with Crippen LogP contribution in [-0.2, 0) is 19.2 Å². The third-order valence-corrected chi connectivity index (χ3v) is 2.96. The summed E-state index contributed by atoms with van der Waals surface area (Å²) in [5.41, 5.74) is 0. The standard InChI is InChI=1S/C16H24N2O6/c19-13(7-9-15(21)22)17-11-5-3-1-2-4-6-12-18-14(20)8-10-16(23)24/h7-10H,1-6,11-12H2,(H,17,19)(H,18,20)(H,21,22)(H,23,24)/b9-7+,10-8+. The fourth-order valence-electron chi connectivity index (χ4n) is 1.79. The highest BCUT2D eigenvalue weighted by Crippen LogP contribution is 2.04. The monoisotopic (exact) mass is 340 g/mol. The molecule has 0 aliphatic carbocycles. The van der Waals surface area contributed by atoms with Gasteiger partial charge in [-0.2, -0.15) is 0 Å². The van der Waals surface area contributed by atoms with Crippen LogP contribution in [0.25, 0.3) is 0 Å². The average Bonchev–Trinajstić information content (AvgIpc) is 2.52. The van der Waals surface area contributed by atoms with Gasteiger partial charge >= 0.3 is 11.9 Å². The van der Waals surface area contributed by atoms with E-state index in [4.69, 9.17) is 10.2 Å². The summed E-state index contributed by atoms with van der Waals surface area (Å²) in [7, 11) is 0. The number of carboxylic acid groups (broad SMARTS) is 2. The van der Waals surface area contributed by atoms with Crippen LogP contribution in [0.2, 0.25) is 0 Å². The molecule has 0 saturated carbocycles. The van der Waals surface area contributed by atoms with Crippen LogP contribution in [0, 0.1) is 0 Å². The lowest BCUT2D eigenvalue weighted by atomic mass is 10.1. The lowest BCUT2D eigenvalue weighted by molar-refractivity contribution is -0.132. The highest BCUT2D eigenvalue weighted by atomic mass is 16.4. The molecule has 8 nitrogen and oxygen atoms in total. The maximum atomic E-state index is 11.2. The summed E-state index contributed by atoms with van der Waals surface area (Å²) in [6, 6.07) is 0. The van der Waals surface area contributed by atoms with Crippen LogP contribution in [0.3, 0.4) is 0 Å².